The molecule has 0 aliphatic heterocycles. The largest absolute Gasteiger partial charge is 0.316 e. The van der Waals surface area contributed by atoms with Crippen molar-refractivity contribution in [2.24, 2.45) is 0 Å². The highest BCUT2D eigenvalue weighted by Crippen LogP contribution is 2.22. The van der Waals surface area contributed by atoms with E-state index in [0.29, 0.717) is 6.42 Å². The van der Waals surface area contributed by atoms with Gasteiger partial charge in [-0.3, -0.25) is 4.79 Å². The molecule has 0 radical (unpaired) electrons. The Labute approximate surface area is 120 Å². The maximum absolute atomic E-state index is 11.9. The third-order valence-electron chi connectivity index (χ3n) is 2.77. The number of nitrogens with zero attached hydrogens (tertiary/aromatic N) is 4. The van der Waals surface area contributed by atoms with Crippen LogP contribution in [-0.4, -0.2) is 28.9 Å². The summed E-state index contributed by atoms with van der Waals surface area (Å²) in [5, 5.41) is 18.2. The van der Waals surface area contributed by atoms with Gasteiger partial charge in [-0.2, -0.15) is 10.5 Å². The van der Waals surface area contributed by atoms with Crippen molar-refractivity contribution >= 4 is 27.5 Å². The minimum atomic E-state index is -0.188. The molecule has 1 amide bonds. The Balaban J connectivity index is 1.99. The molecule has 0 bridgehead atoms. The van der Waals surface area contributed by atoms with Crippen molar-refractivity contribution in [3.8, 4) is 12.1 Å². The zero-order valence-corrected chi connectivity index (χ0v) is 11.6. The van der Waals surface area contributed by atoms with Gasteiger partial charge in [-0.25, -0.2) is 4.98 Å². The fourth-order valence-electron chi connectivity index (χ4n) is 1.80. The van der Waals surface area contributed by atoms with Gasteiger partial charge in [0.1, 0.15) is 13.1 Å². The Hall–Kier alpha value is -2.44. The third kappa shape index (κ3) is 3.31. The van der Waals surface area contributed by atoms with E-state index in [1.165, 1.54) is 4.90 Å². The van der Waals surface area contributed by atoms with E-state index in [9.17, 15) is 4.79 Å². The highest BCUT2D eigenvalue weighted by molar-refractivity contribution is 7.18. The van der Waals surface area contributed by atoms with Crippen molar-refractivity contribution in [3.63, 3.8) is 0 Å². The van der Waals surface area contributed by atoms with E-state index in [0.717, 1.165) is 15.2 Å². The summed E-state index contributed by atoms with van der Waals surface area (Å²) < 4.78 is 1.10. The molecular weight excluding hydrogens is 272 g/mol. The Bertz CT molecular complexity index is 646. The molecule has 0 aliphatic carbocycles. The summed E-state index contributed by atoms with van der Waals surface area (Å²) in [6.07, 6.45) is 0.800. The van der Waals surface area contributed by atoms with Crippen LogP contribution >= 0.6 is 11.3 Å². The summed E-state index contributed by atoms with van der Waals surface area (Å²) in [7, 11) is 0. The highest BCUT2D eigenvalue weighted by atomic mass is 32.1. The van der Waals surface area contributed by atoms with Crippen LogP contribution in [0.5, 0.6) is 0 Å². The minimum Gasteiger partial charge on any atom is -0.316 e. The number of amides is 1. The zero-order valence-electron chi connectivity index (χ0n) is 10.7. The average molecular weight is 284 g/mol. The molecule has 6 heteroatoms. The molecule has 5 nitrogen and oxygen atoms in total. The third-order valence-corrected chi connectivity index (χ3v) is 3.86. The van der Waals surface area contributed by atoms with Gasteiger partial charge in [0, 0.05) is 12.8 Å². The second-order valence-electron chi connectivity index (χ2n) is 4.14. The van der Waals surface area contributed by atoms with Crippen LogP contribution in [-0.2, 0) is 11.2 Å². The van der Waals surface area contributed by atoms with Crippen LogP contribution in [0, 0.1) is 22.7 Å². The van der Waals surface area contributed by atoms with Gasteiger partial charge in [0.2, 0.25) is 5.91 Å². The average Bonchev–Trinajstić information content (AvgIpc) is 2.87. The number of rotatable bonds is 5. The van der Waals surface area contributed by atoms with Crippen molar-refractivity contribution in [3.05, 3.63) is 29.3 Å². The van der Waals surface area contributed by atoms with Crippen LogP contribution in [0.15, 0.2) is 24.3 Å². The fourth-order valence-corrected chi connectivity index (χ4v) is 2.77. The van der Waals surface area contributed by atoms with Crippen LogP contribution in [0.25, 0.3) is 10.2 Å². The fraction of sp³-hybridized carbons (Fsp3) is 0.286. The van der Waals surface area contributed by atoms with Gasteiger partial charge in [-0.05, 0) is 12.1 Å². The highest BCUT2D eigenvalue weighted by Gasteiger charge is 2.13. The lowest BCUT2D eigenvalue weighted by Crippen LogP contribution is -2.31. The summed E-state index contributed by atoms with van der Waals surface area (Å²) in [5.41, 5.74) is 0.936. The summed E-state index contributed by atoms with van der Waals surface area (Å²) in [5.74, 6) is -0.188. The predicted octanol–water partition coefficient (Wildman–Crippen LogP) is 2.10. The van der Waals surface area contributed by atoms with Crippen molar-refractivity contribution in [2.45, 2.75) is 12.8 Å². The van der Waals surface area contributed by atoms with E-state index in [2.05, 4.69) is 4.98 Å². The molecule has 0 saturated carbocycles. The van der Waals surface area contributed by atoms with Crippen molar-refractivity contribution in [1.82, 2.24) is 9.88 Å². The number of aromatic nitrogens is 1. The smallest absolute Gasteiger partial charge is 0.224 e. The molecule has 2 rings (SSSR count). The first-order valence-corrected chi connectivity index (χ1v) is 6.92. The van der Waals surface area contributed by atoms with Gasteiger partial charge in [0.05, 0.1) is 27.4 Å². The second kappa shape index (κ2) is 6.65. The number of carbonyl (C=O) groups excluding carboxylic acids is 1. The molecule has 0 unspecified atom stereocenters. The first-order chi connectivity index (χ1) is 9.74. The quantitative estimate of drug-likeness (QED) is 0.787. The van der Waals surface area contributed by atoms with Gasteiger partial charge in [0.15, 0.2) is 0 Å². The van der Waals surface area contributed by atoms with Crippen LogP contribution in [0.4, 0.5) is 0 Å². The SMILES string of the molecule is N#CCN(CC#N)C(=O)CCc1nc2ccccc2s1. The first kappa shape index (κ1) is 14.0. The van der Waals surface area contributed by atoms with Gasteiger partial charge in [-0.1, -0.05) is 12.1 Å². The van der Waals surface area contributed by atoms with Crippen LogP contribution in [0.1, 0.15) is 11.4 Å². The predicted molar refractivity (Wildman–Crippen MR) is 75.7 cm³/mol. The van der Waals surface area contributed by atoms with Crippen LogP contribution in [0.2, 0.25) is 0 Å². The van der Waals surface area contributed by atoms with Gasteiger partial charge in [-0.15, -0.1) is 11.3 Å². The number of benzene rings is 1. The normalized spacial score (nSPS) is 9.90. The zero-order chi connectivity index (χ0) is 14.4. The van der Waals surface area contributed by atoms with E-state index >= 15 is 0 Å². The minimum absolute atomic E-state index is 0.0494. The molecule has 100 valence electrons. The summed E-state index contributed by atoms with van der Waals surface area (Å²) in [6, 6.07) is 11.6. The Kier molecular flexibility index (Phi) is 4.65. The topological polar surface area (TPSA) is 80.8 Å². The number of aryl methyl sites for hydroxylation is 1. The number of hydrogen-bond acceptors (Lipinski definition) is 5. The summed E-state index contributed by atoms with van der Waals surface area (Å²) in [6.45, 7) is -0.0987. The standard InChI is InChI=1S/C14H12N4OS/c15-7-9-18(10-8-16)14(19)6-5-13-17-11-3-1-2-4-12(11)20-13/h1-4H,5-6,9-10H2. The Morgan fingerprint density at radius 3 is 2.60 bits per heavy atom. The Morgan fingerprint density at radius 2 is 1.95 bits per heavy atom. The molecule has 2 aromatic rings. The molecular formula is C14H12N4OS. The number of carbonyl (C=O) groups is 1. The number of nitriles is 2. The lowest BCUT2D eigenvalue weighted by atomic mass is 10.2. The van der Waals surface area contributed by atoms with E-state index in [-0.39, 0.29) is 25.4 Å². The number of hydrogen-bond donors (Lipinski definition) is 0. The second-order valence-corrected chi connectivity index (χ2v) is 5.26. The van der Waals surface area contributed by atoms with Crippen molar-refractivity contribution < 1.29 is 4.79 Å². The molecule has 0 saturated heterocycles. The van der Waals surface area contributed by atoms with Crippen LogP contribution in [0.3, 0.4) is 0 Å². The van der Waals surface area contributed by atoms with Crippen molar-refractivity contribution in [2.75, 3.05) is 13.1 Å². The Morgan fingerprint density at radius 1 is 1.25 bits per heavy atom. The van der Waals surface area contributed by atoms with E-state index in [4.69, 9.17) is 10.5 Å². The number of fused-ring (bicyclic) bond motifs is 1. The van der Waals surface area contributed by atoms with E-state index in [1.807, 2.05) is 36.4 Å². The molecule has 0 N–H and O–H groups in total. The molecule has 0 spiro atoms. The molecule has 1 heterocycles. The van der Waals surface area contributed by atoms with E-state index in [1.54, 1.807) is 11.3 Å². The lowest BCUT2D eigenvalue weighted by Gasteiger charge is -2.14. The van der Waals surface area contributed by atoms with Gasteiger partial charge < -0.3 is 4.90 Å². The number of para-hydroxylation sites is 1. The molecule has 1 aromatic heterocycles. The number of thiazole rings is 1. The lowest BCUT2D eigenvalue weighted by molar-refractivity contribution is -0.130. The monoisotopic (exact) mass is 284 g/mol. The molecule has 0 atom stereocenters. The van der Waals surface area contributed by atoms with Gasteiger partial charge in [0.25, 0.3) is 0 Å². The summed E-state index contributed by atoms with van der Waals surface area (Å²) >= 11 is 1.57. The van der Waals surface area contributed by atoms with Crippen molar-refractivity contribution in [1.29, 1.82) is 10.5 Å². The van der Waals surface area contributed by atoms with Gasteiger partial charge >= 0.3 is 0 Å². The molecule has 0 aliphatic rings. The first-order valence-electron chi connectivity index (χ1n) is 6.10. The molecule has 20 heavy (non-hydrogen) atoms. The maximum Gasteiger partial charge on any atom is 0.224 e. The summed E-state index contributed by atoms with van der Waals surface area (Å²) in [4.78, 5) is 17.6. The van der Waals surface area contributed by atoms with E-state index < -0.39 is 0 Å². The van der Waals surface area contributed by atoms with Crippen LogP contribution < -0.4 is 0 Å². The molecule has 1 aromatic carbocycles. The molecule has 0 fully saturated rings. The maximum atomic E-state index is 11.9.